The van der Waals surface area contributed by atoms with Crippen molar-refractivity contribution in [3.05, 3.63) is 55.0 Å². The van der Waals surface area contributed by atoms with Crippen LogP contribution in [0.5, 0.6) is 0 Å². The Labute approximate surface area is 179 Å². The summed E-state index contributed by atoms with van der Waals surface area (Å²) in [7, 11) is 0. The minimum atomic E-state index is 0.651. The number of H-pyrrole nitrogens is 2. The standard InChI is InChI=1S/C24H23N7/c25-17-10-16(13-26-14-17)15-4-5-21-18(11-15)23(30-29-21)22-12-19-20(28-22)6-7-27-24(19)31-8-2-1-3-9-31/h4-7,10-14,28H,1-3,8-9,25H2,(H,29,30). The van der Waals surface area contributed by atoms with E-state index in [1.807, 2.05) is 30.6 Å². The third-order valence-corrected chi connectivity index (χ3v) is 6.09. The van der Waals surface area contributed by atoms with Crippen LogP contribution >= 0.6 is 0 Å². The average molecular weight is 409 g/mol. The van der Waals surface area contributed by atoms with E-state index in [9.17, 15) is 0 Å². The third kappa shape index (κ3) is 3.09. The van der Waals surface area contributed by atoms with E-state index in [-0.39, 0.29) is 0 Å². The summed E-state index contributed by atoms with van der Waals surface area (Å²) >= 11 is 0. The Morgan fingerprint density at radius 2 is 1.77 bits per heavy atom. The average Bonchev–Trinajstić information content (AvgIpc) is 3.43. The van der Waals surface area contributed by atoms with Crippen molar-refractivity contribution in [2.75, 3.05) is 23.7 Å². The molecule has 0 amide bonds. The number of aromatic amines is 2. The summed E-state index contributed by atoms with van der Waals surface area (Å²) in [5.41, 5.74) is 12.6. The first-order valence-electron chi connectivity index (χ1n) is 10.7. The van der Waals surface area contributed by atoms with Gasteiger partial charge >= 0.3 is 0 Å². The minimum absolute atomic E-state index is 0.651. The molecule has 31 heavy (non-hydrogen) atoms. The number of nitrogens with one attached hydrogen (secondary N) is 2. The van der Waals surface area contributed by atoms with Gasteiger partial charge in [-0.1, -0.05) is 6.07 Å². The second kappa shape index (κ2) is 7.12. The van der Waals surface area contributed by atoms with Crippen molar-refractivity contribution >= 4 is 33.3 Å². The molecule has 0 unspecified atom stereocenters. The van der Waals surface area contributed by atoms with E-state index in [1.165, 1.54) is 19.3 Å². The molecule has 4 aromatic heterocycles. The molecule has 7 heteroatoms. The highest BCUT2D eigenvalue weighted by Crippen LogP contribution is 2.34. The lowest BCUT2D eigenvalue weighted by Gasteiger charge is -2.28. The topological polar surface area (TPSA) is 99.5 Å². The molecule has 1 fully saturated rings. The molecule has 0 spiro atoms. The zero-order valence-corrected chi connectivity index (χ0v) is 17.1. The highest BCUT2D eigenvalue weighted by Gasteiger charge is 2.18. The van der Waals surface area contributed by atoms with Gasteiger partial charge in [0.05, 0.1) is 22.4 Å². The molecule has 0 aliphatic carbocycles. The van der Waals surface area contributed by atoms with Gasteiger partial charge in [0.2, 0.25) is 0 Å². The SMILES string of the molecule is Nc1cncc(-c2ccc3[nH]nc(-c4cc5c(N6CCCCC6)nccc5[nH]4)c3c2)c1. The second-order valence-electron chi connectivity index (χ2n) is 8.17. The van der Waals surface area contributed by atoms with Crippen LogP contribution in [0.2, 0.25) is 0 Å². The predicted octanol–water partition coefficient (Wildman–Crippen LogP) is 4.74. The van der Waals surface area contributed by atoms with Crippen LogP contribution in [0.1, 0.15) is 19.3 Å². The van der Waals surface area contributed by atoms with Gasteiger partial charge in [-0.3, -0.25) is 10.1 Å². The molecule has 0 bridgehead atoms. The van der Waals surface area contributed by atoms with E-state index in [2.05, 4.69) is 43.3 Å². The zero-order chi connectivity index (χ0) is 20.8. The highest BCUT2D eigenvalue weighted by molar-refractivity contribution is 6.00. The fourth-order valence-electron chi connectivity index (χ4n) is 4.54. The number of benzene rings is 1. The first-order valence-corrected chi connectivity index (χ1v) is 10.7. The molecule has 5 heterocycles. The van der Waals surface area contributed by atoms with Crippen molar-refractivity contribution in [3.63, 3.8) is 0 Å². The van der Waals surface area contributed by atoms with Crippen LogP contribution in [0.3, 0.4) is 0 Å². The van der Waals surface area contributed by atoms with Crippen molar-refractivity contribution in [2.24, 2.45) is 0 Å². The van der Waals surface area contributed by atoms with Crippen molar-refractivity contribution in [1.29, 1.82) is 0 Å². The molecule has 0 radical (unpaired) electrons. The molecule has 7 nitrogen and oxygen atoms in total. The lowest BCUT2D eigenvalue weighted by molar-refractivity contribution is 0.575. The number of anilines is 2. The number of aromatic nitrogens is 5. The maximum absolute atomic E-state index is 5.93. The molecule has 1 aliphatic heterocycles. The highest BCUT2D eigenvalue weighted by atomic mass is 15.2. The molecular weight excluding hydrogens is 386 g/mol. The van der Waals surface area contributed by atoms with Gasteiger partial charge in [0.25, 0.3) is 0 Å². The smallest absolute Gasteiger partial charge is 0.137 e. The molecule has 0 atom stereocenters. The predicted molar refractivity (Wildman–Crippen MR) is 125 cm³/mol. The lowest BCUT2D eigenvalue weighted by atomic mass is 10.0. The monoisotopic (exact) mass is 409 g/mol. The van der Waals surface area contributed by atoms with E-state index < -0.39 is 0 Å². The first-order chi connectivity index (χ1) is 15.3. The molecule has 0 saturated carbocycles. The van der Waals surface area contributed by atoms with Gasteiger partial charge in [-0.2, -0.15) is 5.10 Å². The molecule has 154 valence electrons. The van der Waals surface area contributed by atoms with Gasteiger partial charge in [-0.25, -0.2) is 4.98 Å². The van der Waals surface area contributed by atoms with Crippen LogP contribution < -0.4 is 10.6 Å². The fraction of sp³-hybridized carbons (Fsp3) is 0.208. The largest absolute Gasteiger partial charge is 0.397 e. The van der Waals surface area contributed by atoms with Gasteiger partial charge in [-0.05, 0) is 55.2 Å². The van der Waals surface area contributed by atoms with E-state index in [0.29, 0.717) is 5.69 Å². The summed E-state index contributed by atoms with van der Waals surface area (Å²) in [5.74, 6) is 1.06. The molecule has 1 aromatic carbocycles. The van der Waals surface area contributed by atoms with Crippen LogP contribution in [0.25, 0.3) is 44.3 Å². The zero-order valence-electron chi connectivity index (χ0n) is 17.1. The van der Waals surface area contributed by atoms with Gasteiger partial charge in [-0.15, -0.1) is 0 Å². The Morgan fingerprint density at radius 1 is 0.871 bits per heavy atom. The Hall–Kier alpha value is -3.87. The summed E-state index contributed by atoms with van der Waals surface area (Å²) in [6.07, 6.45) is 9.12. The summed E-state index contributed by atoms with van der Waals surface area (Å²) in [6, 6.07) is 12.4. The normalized spacial score (nSPS) is 14.5. The number of hydrogen-bond donors (Lipinski definition) is 3. The molecular formula is C24H23N7. The second-order valence-corrected chi connectivity index (χ2v) is 8.17. The van der Waals surface area contributed by atoms with Crippen molar-refractivity contribution in [3.8, 4) is 22.5 Å². The Morgan fingerprint density at radius 3 is 2.65 bits per heavy atom. The molecule has 6 rings (SSSR count). The van der Waals surface area contributed by atoms with Crippen LogP contribution in [0.15, 0.2) is 55.0 Å². The number of nitrogens with two attached hydrogens (primary N) is 1. The Balaban J connectivity index is 1.46. The van der Waals surface area contributed by atoms with Crippen molar-refractivity contribution in [2.45, 2.75) is 19.3 Å². The number of fused-ring (bicyclic) bond motifs is 2. The lowest BCUT2D eigenvalue weighted by Crippen LogP contribution is -2.30. The van der Waals surface area contributed by atoms with Crippen molar-refractivity contribution in [1.82, 2.24) is 25.1 Å². The summed E-state index contributed by atoms with van der Waals surface area (Å²) in [5, 5.41) is 9.99. The van der Waals surface area contributed by atoms with Crippen LogP contribution in [0, 0.1) is 0 Å². The minimum Gasteiger partial charge on any atom is -0.397 e. The number of piperidine rings is 1. The van der Waals surface area contributed by atoms with Crippen molar-refractivity contribution < 1.29 is 0 Å². The van der Waals surface area contributed by atoms with Gasteiger partial charge in [0.15, 0.2) is 0 Å². The van der Waals surface area contributed by atoms with Crippen LogP contribution in [-0.2, 0) is 0 Å². The van der Waals surface area contributed by atoms with Gasteiger partial charge in [0.1, 0.15) is 11.5 Å². The fourth-order valence-corrected chi connectivity index (χ4v) is 4.54. The number of pyridine rings is 2. The molecule has 5 aromatic rings. The van der Waals surface area contributed by atoms with E-state index in [4.69, 9.17) is 10.7 Å². The molecule has 1 saturated heterocycles. The summed E-state index contributed by atoms with van der Waals surface area (Å²) in [4.78, 5) is 14.9. The molecule has 4 N–H and O–H groups in total. The van der Waals surface area contributed by atoms with Gasteiger partial charge < -0.3 is 15.6 Å². The number of nitrogens with zero attached hydrogens (tertiary/aromatic N) is 4. The van der Waals surface area contributed by atoms with Crippen LogP contribution in [0.4, 0.5) is 11.5 Å². The maximum Gasteiger partial charge on any atom is 0.137 e. The third-order valence-electron chi connectivity index (χ3n) is 6.09. The number of nitrogen functional groups attached to an aromatic ring is 1. The Kier molecular flexibility index (Phi) is 4.12. The summed E-state index contributed by atoms with van der Waals surface area (Å²) < 4.78 is 0. The number of hydrogen-bond acceptors (Lipinski definition) is 5. The van der Waals surface area contributed by atoms with E-state index in [1.54, 1.807) is 6.20 Å². The van der Waals surface area contributed by atoms with Gasteiger partial charge in [0, 0.05) is 48.0 Å². The number of rotatable bonds is 3. The Bertz CT molecular complexity index is 1390. The first kappa shape index (κ1) is 17.9. The molecule has 1 aliphatic rings. The van der Waals surface area contributed by atoms with E-state index >= 15 is 0 Å². The quantitative estimate of drug-likeness (QED) is 0.400. The van der Waals surface area contributed by atoms with Crippen LogP contribution in [-0.4, -0.2) is 38.2 Å². The summed E-state index contributed by atoms with van der Waals surface area (Å²) in [6.45, 7) is 2.13. The maximum atomic E-state index is 5.93. The van der Waals surface area contributed by atoms with E-state index in [0.717, 1.165) is 63.2 Å².